The van der Waals surface area contributed by atoms with Gasteiger partial charge in [-0.15, -0.1) is 0 Å². The molecule has 2 heterocycles. The molecule has 3 aromatic rings. The summed E-state index contributed by atoms with van der Waals surface area (Å²) in [5.41, 5.74) is 5.84. The molecule has 0 saturated heterocycles. The molecule has 0 saturated carbocycles. The summed E-state index contributed by atoms with van der Waals surface area (Å²) in [6.07, 6.45) is 5.90. The average molecular weight is 390 g/mol. The number of fused-ring (bicyclic) bond motifs is 2. The van der Waals surface area contributed by atoms with Crippen molar-refractivity contribution in [1.82, 2.24) is 9.78 Å². The van der Waals surface area contributed by atoms with Gasteiger partial charge >= 0.3 is 5.97 Å². The molecule has 1 unspecified atom stereocenters. The first-order valence-corrected chi connectivity index (χ1v) is 9.84. The van der Waals surface area contributed by atoms with Gasteiger partial charge in [-0.1, -0.05) is 24.3 Å². The van der Waals surface area contributed by atoms with E-state index in [0.717, 1.165) is 35.5 Å². The number of aromatic nitrogens is 2. The molecule has 148 valence electrons. The lowest BCUT2D eigenvalue weighted by atomic mass is 9.98. The summed E-state index contributed by atoms with van der Waals surface area (Å²) >= 11 is 0. The predicted octanol–water partition coefficient (Wildman–Crippen LogP) is 4.10. The first-order chi connectivity index (χ1) is 14.1. The maximum Gasteiger partial charge on any atom is 0.304 e. The smallest absolute Gasteiger partial charge is 0.304 e. The van der Waals surface area contributed by atoms with Crippen molar-refractivity contribution in [3.63, 3.8) is 0 Å². The summed E-state index contributed by atoms with van der Waals surface area (Å²) in [6, 6.07) is 12.1. The summed E-state index contributed by atoms with van der Waals surface area (Å²) in [6.45, 7) is 0.409. The summed E-state index contributed by atoms with van der Waals surface area (Å²) in [5.74, 6) is 0.588. The van der Waals surface area contributed by atoms with Crippen LogP contribution >= 0.6 is 0 Å². The van der Waals surface area contributed by atoms with Crippen LogP contribution in [-0.4, -0.2) is 27.5 Å². The Morgan fingerprint density at radius 2 is 2.21 bits per heavy atom. The number of carbonyl (C=O) groups is 1. The van der Waals surface area contributed by atoms with Gasteiger partial charge in [-0.2, -0.15) is 5.10 Å². The number of rotatable bonds is 5. The topological polar surface area (TPSA) is 73.6 Å². The maximum atomic E-state index is 11.0. The fourth-order valence-electron chi connectivity index (χ4n) is 4.44. The van der Waals surface area contributed by atoms with E-state index in [4.69, 9.17) is 14.6 Å². The van der Waals surface area contributed by atoms with Crippen LogP contribution in [0.3, 0.4) is 0 Å². The largest absolute Gasteiger partial charge is 0.492 e. The van der Waals surface area contributed by atoms with Crippen molar-refractivity contribution in [3.05, 3.63) is 65.5 Å². The fraction of sp³-hybridized carbons (Fsp3) is 0.304. The first kappa shape index (κ1) is 17.8. The molecule has 0 amide bonds. The number of benzene rings is 2. The molecule has 29 heavy (non-hydrogen) atoms. The van der Waals surface area contributed by atoms with E-state index in [1.807, 2.05) is 42.3 Å². The van der Waals surface area contributed by atoms with Gasteiger partial charge in [-0.3, -0.25) is 9.48 Å². The minimum atomic E-state index is -0.807. The number of hydrogen-bond donors (Lipinski definition) is 1. The van der Waals surface area contributed by atoms with Gasteiger partial charge in [0.1, 0.15) is 17.6 Å². The molecule has 5 rings (SSSR count). The fourth-order valence-corrected chi connectivity index (χ4v) is 4.44. The highest BCUT2D eigenvalue weighted by atomic mass is 16.5. The molecule has 0 bridgehead atoms. The standard InChI is InChI=1S/C23H22N2O4/c1-25-12-15(11-24-25)17-3-2-4-20-19(17)7-8-21(20)29-16-5-6-18-14(9-23(26)27)13-28-22(18)10-16/h2-6,10-12,14,21H,7-9,13H2,1H3,(H,26,27)/t14?,21-/m1/s1. The van der Waals surface area contributed by atoms with Crippen LogP contribution in [0.5, 0.6) is 11.5 Å². The Kier molecular flexibility index (Phi) is 4.27. The van der Waals surface area contributed by atoms with E-state index in [1.165, 1.54) is 16.7 Å². The van der Waals surface area contributed by atoms with Crippen molar-refractivity contribution in [1.29, 1.82) is 0 Å². The molecule has 6 nitrogen and oxygen atoms in total. The quantitative estimate of drug-likeness (QED) is 0.710. The first-order valence-electron chi connectivity index (χ1n) is 9.84. The van der Waals surface area contributed by atoms with Crippen LogP contribution in [-0.2, 0) is 18.3 Å². The van der Waals surface area contributed by atoms with E-state index in [2.05, 4.69) is 23.3 Å². The molecule has 1 N–H and O–H groups in total. The van der Waals surface area contributed by atoms with Gasteiger partial charge < -0.3 is 14.6 Å². The number of hydrogen-bond acceptors (Lipinski definition) is 4. The maximum absolute atomic E-state index is 11.0. The predicted molar refractivity (Wildman–Crippen MR) is 107 cm³/mol. The van der Waals surface area contributed by atoms with Gasteiger partial charge in [0.05, 0.1) is 19.2 Å². The van der Waals surface area contributed by atoms with Crippen molar-refractivity contribution >= 4 is 5.97 Å². The van der Waals surface area contributed by atoms with E-state index in [0.29, 0.717) is 6.61 Å². The monoisotopic (exact) mass is 390 g/mol. The zero-order chi connectivity index (χ0) is 20.0. The van der Waals surface area contributed by atoms with E-state index in [9.17, 15) is 4.79 Å². The van der Waals surface area contributed by atoms with E-state index >= 15 is 0 Å². The third-order valence-corrected chi connectivity index (χ3v) is 5.80. The van der Waals surface area contributed by atoms with E-state index in [-0.39, 0.29) is 18.4 Å². The Morgan fingerprint density at radius 3 is 3.00 bits per heavy atom. The van der Waals surface area contributed by atoms with Gasteiger partial charge in [0.2, 0.25) is 0 Å². The molecule has 2 aromatic carbocycles. The van der Waals surface area contributed by atoms with E-state index < -0.39 is 5.97 Å². The molecular formula is C23H22N2O4. The number of aliphatic carboxylic acids is 1. The van der Waals surface area contributed by atoms with Gasteiger partial charge in [0.15, 0.2) is 0 Å². The highest BCUT2D eigenvalue weighted by Crippen LogP contribution is 2.42. The molecule has 0 fully saturated rings. The van der Waals surface area contributed by atoms with Gasteiger partial charge in [-0.05, 0) is 35.6 Å². The second-order valence-corrected chi connectivity index (χ2v) is 7.73. The molecule has 1 aliphatic carbocycles. The molecule has 1 aromatic heterocycles. The van der Waals surface area contributed by atoms with Crippen LogP contribution < -0.4 is 9.47 Å². The second-order valence-electron chi connectivity index (χ2n) is 7.73. The minimum absolute atomic E-state index is 0.00380. The van der Waals surface area contributed by atoms with Crippen LogP contribution in [0, 0.1) is 0 Å². The lowest BCUT2D eigenvalue weighted by Crippen LogP contribution is -2.07. The Morgan fingerprint density at radius 1 is 1.31 bits per heavy atom. The Hall–Kier alpha value is -3.28. The molecule has 0 radical (unpaired) electrons. The lowest BCUT2D eigenvalue weighted by Gasteiger charge is -2.16. The van der Waals surface area contributed by atoms with Crippen LogP contribution in [0.4, 0.5) is 0 Å². The SMILES string of the molecule is Cn1cc(-c2cccc3c2CC[C@H]3Oc2ccc3c(c2)OCC3CC(=O)O)cn1. The van der Waals surface area contributed by atoms with Crippen molar-refractivity contribution < 1.29 is 19.4 Å². The van der Waals surface area contributed by atoms with E-state index in [1.54, 1.807) is 0 Å². The van der Waals surface area contributed by atoms with Crippen LogP contribution in [0.1, 0.15) is 41.6 Å². The van der Waals surface area contributed by atoms with Crippen LogP contribution in [0.2, 0.25) is 0 Å². The summed E-state index contributed by atoms with van der Waals surface area (Å²) in [4.78, 5) is 11.0. The van der Waals surface area contributed by atoms with Crippen LogP contribution in [0.15, 0.2) is 48.8 Å². The van der Waals surface area contributed by atoms with Gasteiger partial charge in [0, 0.05) is 36.4 Å². The molecule has 1 aliphatic heterocycles. The third kappa shape index (κ3) is 3.24. The highest BCUT2D eigenvalue weighted by molar-refractivity contribution is 5.69. The molecule has 2 aliphatic rings. The average Bonchev–Trinajstić information content (AvgIpc) is 3.41. The van der Waals surface area contributed by atoms with Gasteiger partial charge in [-0.25, -0.2) is 0 Å². The number of carboxylic acid groups (broad SMARTS) is 1. The zero-order valence-corrected chi connectivity index (χ0v) is 16.2. The normalized spacial score (nSPS) is 19.5. The minimum Gasteiger partial charge on any atom is -0.492 e. The van der Waals surface area contributed by atoms with Crippen molar-refractivity contribution in [2.75, 3.05) is 6.61 Å². The molecule has 0 spiro atoms. The second kappa shape index (κ2) is 6.95. The molecular weight excluding hydrogens is 368 g/mol. The Labute approximate surface area is 168 Å². The molecule has 2 atom stereocenters. The summed E-state index contributed by atoms with van der Waals surface area (Å²) in [5, 5.41) is 13.4. The lowest BCUT2D eigenvalue weighted by molar-refractivity contribution is -0.137. The Balaban J connectivity index is 1.38. The summed E-state index contributed by atoms with van der Waals surface area (Å²) in [7, 11) is 1.93. The number of aryl methyl sites for hydroxylation is 1. The number of carboxylic acids is 1. The Bertz CT molecular complexity index is 1090. The number of ether oxygens (including phenoxy) is 2. The van der Waals surface area contributed by atoms with Gasteiger partial charge in [0.25, 0.3) is 0 Å². The third-order valence-electron chi connectivity index (χ3n) is 5.80. The molecule has 6 heteroatoms. The van der Waals surface area contributed by atoms with Crippen LogP contribution in [0.25, 0.3) is 11.1 Å². The zero-order valence-electron chi connectivity index (χ0n) is 16.2. The summed E-state index contributed by atoms with van der Waals surface area (Å²) < 4.78 is 13.9. The number of nitrogens with zero attached hydrogens (tertiary/aromatic N) is 2. The van der Waals surface area contributed by atoms with Crippen molar-refractivity contribution in [2.24, 2.45) is 7.05 Å². The van der Waals surface area contributed by atoms with Crippen molar-refractivity contribution in [3.8, 4) is 22.6 Å². The highest BCUT2D eigenvalue weighted by Gasteiger charge is 2.29. The van der Waals surface area contributed by atoms with Crippen molar-refractivity contribution in [2.45, 2.75) is 31.3 Å².